The van der Waals surface area contributed by atoms with Crippen molar-refractivity contribution in [1.29, 1.82) is 0 Å². The number of ether oxygens (including phenoxy) is 1. The lowest BCUT2D eigenvalue weighted by Gasteiger charge is -2.38. The lowest BCUT2D eigenvalue weighted by Crippen LogP contribution is -2.47. The van der Waals surface area contributed by atoms with E-state index in [1.165, 1.54) is 5.56 Å². The number of carbonyl (C=O) groups excluding carboxylic acids is 2. The second kappa shape index (κ2) is 18.3. The van der Waals surface area contributed by atoms with Crippen molar-refractivity contribution in [3.05, 3.63) is 136 Å². The molecule has 0 spiro atoms. The van der Waals surface area contributed by atoms with Gasteiger partial charge in [-0.2, -0.15) is 0 Å². The number of nitrogens with one attached hydrogen (secondary N) is 1. The highest BCUT2D eigenvalue weighted by Crippen LogP contribution is 2.23. The third-order valence-corrected chi connectivity index (χ3v) is 8.16. The van der Waals surface area contributed by atoms with Gasteiger partial charge < -0.3 is 15.0 Å². The maximum absolute atomic E-state index is 13.9. The van der Waals surface area contributed by atoms with E-state index in [1.807, 2.05) is 90.9 Å². The molecule has 2 heterocycles. The molecule has 1 aromatic heterocycles. The van der Waals surface area contributed by atoms with Crippen molar-refractivity contribution < 1.29 is 14.3 Å². The molecule has 1 aliphatic heterocycles. The van der Waals surface area contributed by atoms with Crippen LogP contribution in [0, 0.1) is 26.2 Å². The van der Waals surface area contributed by atoms with E-state index in [-0.39, 0.29) is 18.6 Å². The maximum Gasteiger partial charge on any atom is 0.407 e. The molecule has 244 valence electrons. The molecule has 7 nitrogen and oxygen atoms in total. The monoisotopic (exact) mass is 630 g/mol. The molecular formula is C40H46N4O3. The van der Waals surface area contributed by atoms with Crippen molar-refractivity contribution >= 4 is 12.0 Å². The Morgan fingerprint density at radius 2 is 1.74 bits per heavy atom. The first-order valence-corrected chi connectivity index (χ1v) is 16.2. The number of aryl methyl sites for hydroxylation is 2. The van der Waals surface area contributed by atoms with E-state index in [2.05, 4.69) is 52.7 Å². The highest BCUT2D eigenvalue weighted by Gasteiger charge is 2.29. The van der Waals surface area contributed by atoms with Crippen LogP contribution in [0.5, 0.6) is 0 Å². The smallest absolute Gasteiger partial charge is 0.407 e. The molecule has 1 aliphatic carbocycles. The van der Waals surface area contributed by atoms with Crippen molar-refractivity contribution in [2.45, 2.75) is 65.7 Å². The number of likely N-dealkylation sites (tertiary alicyclic amines) is 1. The zero-order valence-electron chi connectivity index (χ0n) is 27.8. The van der Waals surface area contributed by atoms with Gasteiger partial charge in [0.1, 0.15) is 6.61 Å². The Bertz CT molecular complexity index is 1610. The number of pyridine rings is 1. The molecule has 0 atom stereocenters. The molecule has 47 heavy (non-hydrogen) atoms. The summed E-state index contributed by atoms with van der Waals surface area (Å²) in [6, 6.07) is 20.2. The molecule has 0 radical (unpaired) electrons. The number of benzene rings is 2. The minimum atomic E-state index is -0.447. The number of aromatic nitrogens is 1. The highest BCUT2D eigenvalue weighted by atomic mass is 16.5. The van der Waals surface area contributed by atoms with Crippen molar-refractivity contribution in [2.24, 2.45) is 0 Å². The summed E-state index contributed by atoms with van der Waals surface area (Å²) in [6.07, 6.45) is 18.5. The summed E-state index contributed by atoms with van der Waals surface area (Å²) < 4.78 is 5.43. The number of allylic oxidation sites excluding steroid dienone is 5. The van der Waals surface area contributed by atoms with Gasteiger partial charge in [0.25, 0.3) is 5.91 Å². The summed E-state index contributed by atoms with van der Waals surface area (Å²) >= 11 is 0. The topological polar surface area (TPSA) is 74.8 Å². The molecule has 7 heteroatoms. The van der Waals surface area contributed by atoms with Gasteiger partial charge in [-0.15, -0.1) is 12.3 Å². The van der Waals surface area contributed by atoms with Gasteiger partial charge in [-0.25, -0.2) is 4.79 Å². The Morgan fingerprint density at radius 3 is 2.49 bits per heavy atom. The Labute approximate surface area is 280 Å². The standard InChI is InChI=1S/C37H42N4O3.C3H4/c1-28-12-14-33(15-13-28)36(42)41(35-17-20-40(21-18-35)26-34-22-29(2)16-19-38-34)25-32-11-7-10-31(23-32)24-39-37(43)44-27-30-8-5-3-4-6-9-30;1-3-2/h3-8,10-16,19,22-23,35H,9,17-18,20-21,24-27H2,1-2H3,(H,39,43);1H,2H3. The minimum absolute atomic E-state index is 0.0495. The molecule has 0 saturated carbocycles. The zero-order chi connectivity index (χ0) is 33.4. The van der Waals surface area contributed by atoms with Crippen molar-refractivity contribution in [3.8, 4) is 12.3 Å². The van der Waals surface area contributed by atoms with Crippen LogP contribution in [0.1, 0.15) is 64.5 Å². The molecule has 2 aliphatic rings. The van der Waals surface area contributed by atoms with E-state index in [0.29, 0.717) is 18.7 Å². The summed E-state index contributed by atoms with van der Waals surface area (Å²) in [7, 11) is 0. The van der Waals surface area contributed by atoms with Gasteiger partial charge in [-0.3, -0.25) is 14.7 Å². The van der Waals surface area contributed by atoms with E-state index >= 15 is 0 Å². The number of piperidine rings is 1. The number of terminal acetylenes is 1. The molecule has 0 bridgehead atoms. The predicted octanol–water partition coefficient (Wildman–Crippen LogP) is 7.31. The fraction of sp³-hybridized carbons (Fsp3) is 0.325. The van der Waals surface area contributed by atoms with E-state index in [1.54, 1.807) is 6.92 Å². The molecule has 1 N–H and O–H groups in total. The molecule has 2 aromatic carbocycles. The van der Waals surface area contributed by atoms with Crippen LogP contribution in [0.4, 0.5) is 4.79 Å². The molecule has 0 unspecified atom stereocenters. The third-order valence-electron chi connectivity index (χ3n) is 8.16. The van der Waals surface area contributed by atoms with Gasteiger partial charge in [0.2, 0.25) is 0 Å². The summed E-state index contributed by atoms with van der Waals surface area (Å²) in [5.74, 6) is 2.30. The molecule has 1 fully saturated rings. The SMILES string of the molecule is C#CC.Cc1ccc(C(=O)N(Cc2cccc(CNC(=O)OCC3=CC=CC=CC3)c2)C2CCN(Cc3cc(C)ccn3)CC2)cc1. The minimum Gasteiger partial charge on any atom is -0.445 e. The van der Waals surface area contributed by atoms with Crippen LogP contribution in [-0.4, -0.2) is 52.5 Å². The second-order valence-corrected chi connectivity index (χ2v) is 12.0. The Hall–Kier alpha value is -4.93. The average Bonchev–Trinajstić information content (AvgIpc) is 3.35. The lowest BCUT2D eigenvalue weighted by molar-refractivity contribution is 0.0541. The molecule has 1 saturated heterocycles. The highest BCUT2D eigenvalue weighted by molar-refractivity contribution is 5.94. The van der Waals surface area contributed by atoms with Crippen LogP contribution < -0.4 is 5.32 Å². The summed E-state index contributed by atoms with van der Waals surface area (Å²) in [4.78, 5) is 35.3. The summed E-state index contributed by atoms with van der Waals surface area (Å²) in [6.45, 7) is 9.54. The van der Waals surface area contributed by atoms with Crippen molar-refractivity contribution in [3.63, 3.8) is 0 Å². The maximum atomic E-state index is 13.9. The number of rotatable bonds is 10. The first-order chi connectivity index (χ1) is 22.8. The summed E-state index contributed by atoms with van der Waals surface area (Å²) in [5.41, 5.74) is 7.18. The summed E-state index contributed by atoms with van der Waals surface area (Å²) in [5, 5.41) is 2.86. The lowest BCUT2D eigenvalue weighted by atomic mass is 9.99. The molecule has 5 rings (SSSR count). The number of hydrogen-bond donors (Lipinski definition) is 1. The van der Waals surface area contributed by atoms with E-state index in [9.17, 15) is 9.59 Å². The fourth-order valence-corrected chi connectivity index (χ4v) is 5.68. The number of hydrogen-bond acceptors (Lipinski definition) is 5. The predicted molar refractivity (Wildman–Crippen MR) is 188 cm³/mol. The van der Waals surface area contributed by atoms with Crippen LogP contribution in [0.15, 0.2) is 103 Å². The number of carbonyl (C=O) groups is 2. The van der Waals surface area contributed by atoms with E-state index in [0.717, 1.165) is 66.9 Å². The first kappa shape index (κ1) is 34.9. The normalized spacial score (nSPS) is 14.6. The quantitative estimate of drug-likeness (QED) is 0.238. The first-order valence-electron chi connectivity index (χ1n) is 16.2. The number of amides is 2. The van der Waals surface area contributed by atoms with Crippen molar-refractivity contribution in [2.75, 3.05) is 19.7 Å². The third kappa shape index (κ3) is 11.4. The van der Waals surface area contributed by atoms with Gasteiger partial charge in [-0.05, 0) is 86.6 Å². The van der Waals surface area contributed by atoms with E-state index in [4.69, 9.17) is 4.74 Å². The second-order valence-electron chi connectivity index (χ2n) is 12.0. The van der Waals surface area contributed by atoms with Gasteiger partial charge in [0, 0.05) is 50.5 Å². The fourth-order valence-electron chi connectivity index (χ4n) is 5.68. The Balaban J connectivity index is 0.00000160. The molecule has 3 aromatic rings. The number of nitrogens with zero attached hydrogens (tertiary/aromatic N) is 3. The van der Waals surface area contributed by atoms with Crippen LogP contribution in [0.25, 0.3) is 0 Å². The van der Waals surface area contributed by atoms with Crippen LogP contribution in [0.3, 0.4) is 0 Å². The average molecular weight is 631 g/mol. The van der Waals surface area contributed by atoms with Gasteiger partial charge >= 0.3 is 6.09 Å². The molecular weight excluding hydrogens is 584 g/mol. The molecule has 2 amide bonds. The number of alkyl carbamates (subject to hydrolysis) is 1. The van der Waals surface area contributed by atoms with Gasteiger partial charge in [0.05, 0.1) is 5.69 Å². The largest absolute Gasteiger partial charge is 0.445 e. The van der Waals surface area contributed by atoms with Gasteiger partial charge in [0.15, 0.2) is 0 Å². The van der Waals surface area contributed by atoms with Crippen LogP contribution in [0.2, 0.25) is 0 Å². The zero-order valence-corrected chi connectivity index (χ0v) is 27.8. The van der Waals surface area contributed by atoms with Crippen LogP contribution in [-0.2, 0) is 24.4 Å². The Morgan fingerprint density at radius 1 is 1.00 bits per heavy atom. The van der Waals surface area contributed by atoms with Crippen LogP contribution >= 0.6 is 0 Å². The Kier molecular flexibility index (Phi) is 13.6. The van der Waals surface area contributed by atoms with Gasteiger partial charge in [-0.1, -0.05) is 72.3 Å². The van der Waals surface area contributed by atoms with E-state index < -0.39 is 6.09 Å². The van der Waals surface area contributed by atoms with Crippen molar-refractivity contribution in [1.82, 2.24) is 20.1 Å².